The van der Waals surface area contributed by atoms with Gasteiger partial charge in [-0.3, -0.25) is 4.79 Å². The van der Waals surface area contributed by atoms with E-state index in [2.05, 4.69) is 0 Å². The lowest BCUT2D eigenvalue weighted by atomic mass is 10.0. The first-order valence-corrected chi connectivity index (χ1v) is 12.4. The molecule has 9 heteroatoms. The molecule has 0 bridgehead atoms. The zero-order valence-electron chi connectivity index (χ0n) is 17.7. The van der Waals surface area contributed by atoms with Crippen molar-refractivity contribution in [2.75, 3.05) is 46.1 Å². The van der Waals surface area contributed by atoms with Gasteiger partial charge in [-0.2, -0.15) is 4.31 Å². The highest BCUT2D eigenvalue weighted by Gasteiger charge is 2.32. The monoisotopic (exact) mass is 458 g/mol. The van der Waals surface area contributed by atoms with E-state index in [1.807, 2.05) is 23.1 Å². The van der Waals surface area contributed by atoms with E-state index in [1.165, 1.54) is 16.4 Å². The summed E-state index contributed by atoms with van der Waals surface area (Å²) in [5.41, 5.74) is 1.50. The molecule has 2 aromatic rings. The standard InChI is InChI=1S/C23H26N2O6S/c26-23(17-3-6-19(7-4-17)32(27,28)24-10-12-29-13-11-24)25-9-1-2-20(25)18-5-8-21-22(16-18)31-15-14-30-21/h3-8,16,20H,1-2,9-15H2/t20-/m1/s1. The summed E-state index contributed by atoms with van der Waals surface area (Å²) in [5, 5.41) is 0. The molecule has 8 nitrogen and oxygen atoms in total. The van der Waals surface area contributed by atoms with Crippen LogP contribution in [0.15, 0.2) is 47.4 Å². The van der Waals surface area contributed by atoms with Crippen molar-refractivity contribution in [1.82, 2.24) is 9.21 Å². The Bertz CT molecular complexity index is 1100. The Kier molecular flexibility index (Phi) is 5.79. The van der Waals surface area contributed by atoms with E-state index in [4.69, 9.17) is 14.2 Å². The van der Waals surface area contributed by atoms with Crippen LogP contribution in [0, 0.1) is 0 Å². The Morgan fingerprint density at radius 2 is 1.59 bits per heavy atom. The molecule has 2 aromatic carbocycles. The third-order valence-corrected chi connectivity index (χ3v) is 8.09. The first kappa shape index (κ1) is 21.2. The van der Waals surface area contributed by atoms with Gasteiger partial charge in [0, 0.05) is 25.2 Å². The van der Waals surface area contributed by atoms with Crippen LogP contribution in [0.2, 0.25) is 0 Å². The summed E-state index contributed by atoms with van der Waals surface area (Å²) in [6.07, 6.45) is 1.78. The molecule has 1 amide bonds. The van der Waals surface area contributed by atoms with Crippen LogP contribution >= 0.6 is 0 Å². The second-order valence-corrected chi connectivity index (χ2v) is 10.0. The normalized spacial score (nSPS) is 21.5. The molecule has 3 aliphatic rings. The highest BCUT2D eigenvalue weighted by molar-refractivity contribution is 7.89. The van der Waals surface area contributed by atoms with Crippen LogP contribution < -0.4 is 9.47 Å². The summed E-state index contributed by atoms with van der Waals surface area (Å²) >= 11 is 0. The van der Waals surface area contributed by atoms with Crippen molar-refractivity contribution in [2.24, 2.45) is 0 Å². The number of fused-ring (bicyclic) bond motifs is 1. The second kappa shape index (κ2) is 8.73. The molecule has 2 fully saturated rings. The van der Waals surface area contributed by atoms with Crippen LogP contribution in [0.25, 0.3) is 0 Å². The van der Waals surface area contributed by atoms with Gasteiger partial charge < -0.3 is 19.1 Å². The Morgan fingerprint density at radius 3 is 2.34 bits per heavy atom. The summed E-state index contributed by atoms with van der Waals surface area (Å²) in [7, 11) is -3.58. The van der Waals surface area contributed by atoms with Gasteiger partial charge in [-0.25, -0.2) is 8.42 Å². The zero-order chi connectivity index (χ0) is 22.1. The van der Waals surface area contributed by atoms with Gasteiger partial charge in [0.2, 0.25) is 10.0 Å². The maximum atomic E-state index is 13.3. The van der Waals surface area contributed by atoms with Gasteiger partial charge in [0.25, 0.3) is 5.91 Å². The van der Waals surface area contributed by atoms with Crippen molar-refractivity contribution < 1.29 is 27.4 Å². The molecular formula is C23H26N2O6S. The molecule has 0 unspecified atom stereocenters. The minimum atomic E-state index is -3.58. The quantitative estimate of drug-likeness (QED) is 0.700. The number of hydrogen-bond donors (Lipinski definition) is 0. The molecule has 1 atom stereocenters. The van der Waals surface area contributed by atoms with Gasteiger partial charge >= 0.3 is 0 Å². The third kappa shape index (κ3) is 3.96. The number of likely N-dealkylation sites (tertiary alicyclic amines) is 1. The van der Waals surface area contributed by atoms with Gasteiger partial charge in [-0.15, -0.1) is 0 Å². The minimum absolute atomic E-state index is 0.0462. The Hall–Kier alpha value is -2.62. The Morgan fingerprint density at radius 1 is 0.875 bits per heavy atom. The van der Waals surface area contributed by atoms with Gasteiger partial charge in [-0.1, -0.05) is 6.07 Å². The van der Waals surface area contributed by atoms with Crippen LogP contribution in [-0.4, -0.2) is 69.6 Å². The van der Waals surface area contributed by atoms with E-state index in [-0.39, 0.29) is 16.8 Å². The average Bonchev–Trinajstić information content (AvgIpc) is 3.34. The van der Waals surface area contributed by atoms with E-state index in [9.17, 15) is 13.2 Å². The molecule has 0 N–H and O–H groups in total. The minimum Gasteiger partial charge on any atom is -0.486 e. The molecule has 2 saturated heterocycles. The molecule has 0 aromatic heterocycles. The molecular weight excluding hydrogens is 432 g/mol. The van der Waals surface area contributed by atoms with Crippen molar-refractivity contribution in [3.63, 3.8) is 0 Å². The fourth-order valence-electron chi connectivity index (χ4n) is 4.49. The predicted molar refractivity (Wildman–Crippen MR) is 116 cm³/mol. The molecule has 0 spiro atoms. The number of carbonyl (C=O) groups excluding carboxylic acids is 1. The maximum Gasteiger partial charge on any atom is 0.254 e. The summed E-state index contributed by atoms with van der Waals surface area (Å²) < 4.78 is 43.6. The van der Waals surface area contributed by atoms with Crippen molar-refractivity contribution in [1.29, 1.82) is 0 Å². The molecule has 3 aliphatic heterocycles. The third-order valence-electron chi connectivity index (χ3n) is 6.17. The average molecular weight is 459 g/mol. The van der Waals surface area contributed by atoms with E-state index in [0.717, 1.165) is 24.2 Å². The topological polar surface area (TPSA) is 85.4 Å². The molecule has 0 saturated carbocycles. The van der Waals surface area contributed by atoms with Gasteiger partial charge in [0.05, 0.1) is 24.2 Å². The first-order valence-electron chi connectivity index (χ1n) is 10.9. The Balaban J connectivity index is 1.34. The molecule has 0 aliphatic carbocycles. The van der Waals surface area contributed by atoms with Crippen LogP contribution in [0.3, 0.4) is 0 Å². The largest absolute Gasteiger partial charge is 0.486 e. The van der Waals surface area contributed by atoms with Crippen molar-refractivity contribution in [3.05, 3.63) is 53.6 Å². The molecule has 5 rings (SSSR count). The zero-order valence-corrected chi connectivity index (χ0v) is 18.6. The van der Waals surface area contributed by atoms with E-state index in [1.54, 1.807) is 12.1 Å². The number of ether oxygens (including phenoxy) is 3. The summed E-state index contributed by atoms with van der Waals surface area (Å²) in [5.74, 6) is 1.34. The van der Waals surface area contributed by atoms with E-state index >= 15 is 0 Å². The van der Waals surface area contributed by atoms with Gasteiger partial charge in [0.1, 0.15) is 13.2 Å². The number of carbonyl (C=O) groups is 1. The molecule has 32 heavy (non-hydrogen) atoms. The van der Waals surface area contributed by atoms with Crippen molar-refractivity contribution in [3.8, 4) is 11.5 Å². The fraction of sp³-hybridized carbons (Fsp3) is 0.435. The van der Waals surface area contributed by atoms with Gasteiger partial charge in [0.15, 0.2) is 11.5 Å². The highest BCUT2D eigenvalue weighted by Crippen LogP contribution is 2.38. The summed E-state index contributed by atoms with van der Waals surface area (Å²) in [4.78, 5) is 15.3. The van der Waals surface area contributed by atoms with E-state index in [0.29, 0.717) is 57.4 Å². The smallest absolute Gasteiger partial charge is 0.254 e. The first-order chi connectivity index (χ1) is 15.5. The number of rotatable bonds is 4. The molecule has 0 radical (unpaired) electrons. The lowest BCUT2D eigenvalue weighted by molar-refractivity contribution is 0.0730. The molecule has 170 valence electrons. The van der Waals surface area contributed by atoms with Crippen LogP contribution in [0.5, 0.6) is 11.5 Å². The summed E-state index contributed by atoms with van der Waals surface area (Å²) in [6.45, 7) is 3.19. The number of nitrogens with zero attached hydrogens (tertiary/aromatic N) is 2. The lowest BCUT2D eigenvalue weighted by Crippen LogP contribution is -2.40. The van der Waals surface area contributed by atoms with Gasteiger partial charge in [-0.05, 0) is 54.8 Å². The SMILES string of the molecule is O=C(c1ccc(S(=O)(=O)N2CCOCC2)cc1)N1CCC[C@@H]1c1ccc2c(c1)OCCO2. The highest BCUT2D eigenvalue weighted by atomic mass is 32.2. The number of hydrogen-bond acceptors (Lipinski definition) is 6. The molecule has 3 heterocycles. The number of amides is 1. The second-order valence-electron chi connectivity index (χ2n) is 8.10. The van der Waals surface area contributed by atoms with Crippen LogP contribution in [-0.2, 0) is 14.8 Å². The van der Waals surface area contributed by atoms with Crippen LogP contribution in [0.1, 0.15) is 34.8 Å². The van der Waals surface area contributed by atoms with Crippen molar-refractivity contribution in [2.45, 2.75) is 23.8 Å². The maximum absolute atomic E-state index is 13.3. The predicted octanol–water partition coefficient (Wildman–Crippen LogP) is 2.46. The van der Waals surface area contributed by atoms with Crippen molar-refractivity contribution >= 4 is 15.9 Å². The fourth-order valence-corrected chi connectivity index (χ4v) is 5.90. The number of morpholine rings is 1. The van der Waals surface area contributed by atoms with Crippen LogP contribution in [0.4, 0.5) is 0 Å². The van der Waals surface area contributed by atoms with E-state index < -0.39 is 10.0 Å². The Labute approximate surface area is 187 Å². The lowest BCUT2D eigenvalue weighted by Gasteiger charge is -2.27. The number of benzene rings is 2. The summed E-state index contributed by atoms with van der Waals surface area (Å²) in [6, 6.07) is 12.1. The number of sulfonamides is 1.